The number of hydrogen-bond donors (Lipinski definition) is 1. The van der Waals surface area contributed by atoms with Crippen molar-refractivity contribution in [1.82, 2.24) is 5.32 Å². The largest absolute Gasteiger partial charge is 0.398 e. The molecule has 1 fully saturated rings. The van der Waals surface area contributed by atoms with Crippen LogP contribution in [-0.2, 0) is 26.5 Å². The maximum Gasteiger partial charge on any atom is 0.273 e. The van der Waals surface area contributed by atoms with Crippen LogP contribution < -0.4 is 5.32 Å². The summed E-state index contributed by atoms with van der Waals surface area (Å²) in [5.74, 6) is -0.324. The van der Waals surface area contributed by atoms with Crippen molar-refractivity contribution < 1.29 is 14.5 Å². The minimum atomic E-state index is -0.324. The lowest BCUT2D eigenvalue weighted by molar-refractivity contribution is -0.114. The average molecular weight is 379 g/mol. The van der Waals surface area contributed by atoms with Gasteiger partial charge in [-0.05, 0) is 25.3 Å². The van der Waals surface area contributed by atoms with Crippen molar-refractivity contribution in [2.24, 2.45) is 10.3 Å². The van der Waals surface area contributed by atoms with Gasteiger partial charge in [-0.2, -0.15) is 0 Å². The number of likely N-dealkylation sites (N-methyl/N-ethyl adjacent to an activating group) is 1. The number of carbonyl (C=O) groups is 1. The van der Waals surface area contributed by atoms with Gasteiger partial charge in [-0.3, -0.25) is 4.79 Å². The van der Waals surface area contributed by atoms with Gasteiger partial charge in [0.1, 0.15) is 13.7 Å². The van der Waals surface area contributed by atoms with Crippen LogP contribution in [0, 0.1) is 0 Å². The summed E-state index contributed by atoms with van der Waals surface area (Å²) in [5.41, 5.74) is 3.89. The molecule has 0 radical (unpaired) electrons. The van der Waals surface area contributed by atoms with E-state index in [1.807, 2.05) is 37.3 Å². The van der Waals surface area contributed by atoms with E-state index in [4.69, 9.17) is 9.68 Å². The second-order valence-electron chi connectivity index (χ2n) is 6.76. The Bertz CT molecular complexity index is 887. The Morgan fingerprint density at radius 2 is 1.75 bits per heavy atom. The van der Waals surface area contributed by atoms with Crippen molar-refractivity contribution in [2.45, 2.75) is 31.8 Å². The van der Waals surface area contributed by atoms with E-state index in [0.717, 1.165) is 24.1 Å². The number of benzene rings is 2. The number of nitrogens with zero attached hydrogens (tertiary/aromatic N) is 2. The third-order valence-electron chi connectivity index (χ3n) is 5.09. The fourth-order valence-electron chi connectivity index (χ4n) is 3.33. The molecule has 28 heavy (non-hydrogen) atoms. The van der Waals surface area contributed by atoms with Gasteiger partial charge in [0.15, 0.2) is 5.71 Å². The molecule has 2 aromatic rings. The highest BCUT2D eigenvalue weighted by Gasteiger charge is 2.47. The molecule has 0 atom stereocenters. The van der Waals surface area contributed by atoms with Crippen LogP contribution in [0.1, 0.15) is 36.5 Å². The van der Waals surface area contributed by atoms with Gasteiger partial charge in [-0.25, -0.2) is 0 Å². The zero-order valence-electron chi connectivity index (χ0n) is 16.4. The van der Waals surface area contributed by atoms with Gasteiger partial charge in [0, 0.05) is 23.6 Å². The maximum atomic E-state index is 12.1. The normalized spacial score (nSPS) is 15.7. The van der Waals surface area contributed by atoms with E-state index >= 15 is 0 Å². The van der Waals surface area contributed by atoms with Gasteiger partial charge in [-0.15, -0.1) is 0 Å². The number of amides is 1. The summed E-state index contributed by atoms with van der Waals surface area (Å²) in [6.45, 7) is 2.24. The Kier molecular flexibility index (Phi) is 6.09. The molecule has 2 aromatic carbocycles. The molecule has 3 rings (SSSR count). The number of rotatable bonds is 8. The number of nitrogens with one attached hydrogen (secondary N) is 1. The second-order valence-corrected chi connectivity index (χ2v) is 6.76. The van der Waals surface area contributed by atoms with Crippen molar-refractivity contribution in [3.8, 4) is 0 Å². The summed E-state index contributed by atoms with van der Waals surface area (Å²) >= 11 is 0. The van der Waals surface area contributed by atoms with Crippen LogP contribution in [0.3, 0.4) is 0 Å². The number of oxime groups is 2. The highest BCUT2D eigenvalue weighted by Crippen LogP contribution is 2.49. The van der Waals surface area contributed by atoms with Crippen LogP contribution in [0.25, 0.3) is 0 Å². The van der Waals surface area contributed by atoms with Crippen LogP contribution >= 0.6 is 0 Å². The fourth-order valence-corrected chi connectivity index (χ4v) is 3.33. The van der Waals surface area contributed by atoms with E-state index in [1.54, 1.807) is 7.05 Å². The first-order chi connectivity index (χ1) is 13.6. The lowest BCUT2D eigenvalue weighted by Crippen LogP contribution is -2.29. The zero-order valence-corrected chi connectivity index (χ0v) is 16.4. The molecule has 0 unspecified atom stereocenters. The average Bonchev–Trinajstić information content (AvgIpc) is 3.55. The predicted octanol–water partition coefficient (Wildman–Crippen LogP) is 3.41. The Labute approximate surface area is 165 Å². The molecule has 1 N–H and O–H groups in total. The lowest BCUT2D eigenvalue weighted by Gasteiger charge is -2.15. The van der Waals surface area contributed by atoms with E-state index in [9.17, 15) is 4.79 Å². The maximum absolute atomic E-state index is 12.1. The SMILES string of the molecule is CNC(=O)/C(=N/OC)c1ccccc1CO/N=C(\C)C1(c2ccccc2)CC1. The van der Waals surface area contributed by atoms with Crippen molar-refractivity contribution in [1.29, 1.82) is 0 Å². The van der Waals surface area contributed by atoms with E-state index < -0.39 is 0 Å². The van der Waals surface area contributed by atoms with Crippen molar-refractivity contribution >= 4 is 17.3 Å². The first-order valence-corrected chi connectivity index (χ1v) is 9.26. The van der Waals surface area contributed by atoms with Gasteiger partial charge in [-0.1, -0.05) is 64.9 Å². The summed E-state index contributed by atoms with van der Waals surface area (Å²) < 4.78 is 0. The zero-order chi connectivity index (χ0) is 20.0. The molecule has 0 aliphatic heterocycles. The minimum absolute atomic E-state index is 0.00839. The molecular formula is C22H25N3O3. The highest BCUT2D eigenvalue weighted by atomic mass is 16.6. The molecule has 1 aliphatic rings. The molecule has 1 aliphatic carbocycles. The molecule has 6 nitrogen and oxygen atoms in total. The predicted molar refractivity (Wildman–Crippen MR) is 109 cm³/mol. The summed E-state index contributed by atoms with van der Waals surface area (Å²) in [5, 5.41) is 10.8. The molecule has 0 aromatic heterocycles. The topological polar surface area (TPSA) is 72.3 Å². The Balaban J connectivity index is 1.76. The van der Waals surface area contributed by atoms with E-state index in [2.05, 4.69) is 39.9 Å². The van der Waals surface area contributed by atoms with Crippen molar-refractivity contribution in [3.05, 3.63) is 71.3 Å². The summed E-state index contributed by atoms with van der Waals surface area (Å²) in [6.07, 6.45) is 2.15. The monoisotopic (exact) mass is 379 g/mol. The summed E-state index contributed by atoms with van der Waals surface area (Å²) in [6, 6.07) is 17.8. The van der Waals surface area contributed by atoms with Crippen molar-refractivity contribution in [3.63, 3.8) is 0 Å². The Morgan fingerprint density at radius 3 is 2.39 bits per heavy atom. The molecule has 0 heterocycles. The Morgan fingerprint density at radius 1 is 1.07 bits per heavy atom. The molecule has 0 saturated heterocycles. The van der Waals surface area contributed by atoms with Gasteiger partial charge < -0.3 is 15.0 Å². The van der Waals surface area contributed by atoms with E-state index in [0.29, 0.717) is 5.56 Å². The molecule has 6 heteroatoms. The standard InChI is InChI=1S/C22H25N3O3/c1-16(22(13-14-22)18-10-5-4-6-11-18)24-28-15-17-9-7-8-12-19(17)20(25-27-3)21(26)23-2/h4-12H,13-15H2,1-3H3,(H,23,26)/b24-16+,25-20+. The van der Waals surface area contributed by atoms with Crippen LogP contribution in [0.15, 0.2) is 64.9 Å². The second kappa shape index (κ2) is 8.69. The third-order valence-corrected chi connectivity index (χ3v) is 5.09. The molecule has 0 spiro atoms. The number of carbonyl (C=O) groups excluding carboxylic acids is 1. The fraction of sp³-hybridized carbons (Fsp3) is 0.318. The lowest BCUT2D eigenvalue weighted by atomic mass is 9.92. The molecule has 1 amide bonds. The molecule has 146 valence electrons. The van der Waals surface area contributed by atoms with Crippen LogP contribution in [0.2, 0.25) is 0 Å². The third kappa shape index (κ3) is 4.06. The first-order valence-electron chi connectivity index (χ1n) is 9.26. The minimum Gasteiger partial charge on any atom is -0.398 e. The van der Waals surface area contributed by atoms with Crippen LogP contribution in [0.4, 0.5) is 0 Å². The molecular weight excluding hydrogens is 354 g/mol. The summed E-state index contributed by atoms with van der Waals surface area (Å²) in [4.78, 5) is 22.7. The highest BCUT2D eigenvalue weighted by molar-refractivity contribution is 6.45. The van der Waals surface area contributed by atoms with Crippen LogP contribution in [0.5, 0.6) is 0 Å². The van der Waals surface area contributed by atoms with Gasteiger partial charge in [0.05, 0.1) is 5.71 Å². The number of hydrogen-bond acceptors (Lipinski definition) is 5. The van der Waals surface area contributed by atoms with Crippen LogP contribution in [-0.4, -0.2) is 31.5 Å². The smallest absolute Gasteiger partial charge is 0.273 e. The summed E-state index contributed by atoms with van der Waals surface area (Å²) in [7, 11) is 2.97. The van der Waals surface area contributed by atoms with Gasteiger partial charge in [0.25, 0.3) is 5.91 Å². The Hall–Kier alpha value is -3.15. The van der Waals surface area contributed by atoms with Gasteiger partial charge in [0.2, 0.25) is 0 Å². The molecule has 1 saturated carbocycles. The van der Waals surface area contributed by atoms with E-state index in [-0.39, 0.29) is 23.6 Å². The molecule has 0 bridgehead atoms. The first kappa shape index (κ1) is 19.6. The van der Waals surface area contributed by atoms with E-state index in [1.165, 1.54) is 12.7 Å². The van der Waals surface area contributed by atoms with Crippen molar-refractivity contribution in [2.75, 3.05) is 14.2 Å². The van der Waals surface area contributed by atoms with Gasteiger partial charge >= 0.3 is 0 Å². The quantitative estimate of drug-likeness (QED) is 0.564.